The lowest BCUT2D eigenvalue weighted by Crippen LogP contribution is -2.48. The third-order valence-electron chi connectivity index (χ3n) is 10.6. The van der Waals surface area contributed by atoms with E-state index in [1.165, 1.54) is 11.1 Å². The van der Waals surface area contributed by atoms with Gasteiger partial charge in [-0.3, -0.25) is 9.59 Å². The van der Waals surface area contributed by atoms with Crippen LogP contribution in [0.25, 0.3) is 0 Å². The Balaban J connectivity index is 1.62. The van der Waals surface area contributed by atoms with Gasteiger partial charge in [-0.2, -0.15) is 0 Å². The highest BCUT2D eigenvalue weighted by Crippen LogP contribution is 2.52. The van der Waals surface area contributed by atoms with Gasteiger partial charge >= 0.3 is 11.9 Å². The van der Waals surface area contributed by atoms with Crippen LogP contribution in [-0.4, -0.2) is 23.1 Å². The molecule has 0 aliphatic heterocycles. The zero-order chi connectivity index (χ0) is 31.0. The predicted octanol–water partition coefficient (Wildman–Crippen LogP) is 10.0. The molecule has 0 N–H and O–H groups in total. The molecule has 0 heterocycles. The minimum Gasteiger partial charge on any atom is -0.454 e. The van der Waals surface area contributed by atoms with Crippen molar-refractivity contribution in [3.63, 3.8) is 0 Å². The van der Waals surface area contributed by atoms with Crippen molar-refractivity contribution >= 4 is 11.9 Å². The number of carbonyl (C=O) groups is 2. The van der Waals surface area contributed by atoms with E-state index in [1.54, 1.807) is 0 Å². The van der Waals surface area contributed by atoms with Crippen LogP contribution in [0.2, 0.25) is 0 Å². The van der Waals surface area contributed by atoms with Crippen LogP contribution in [0.5, 0.6) is 0 Å². The molecular formula is C39H58O4. The zero-order valence-electron chi connectivity index (χ0n) is 27.9. The Morgan fingerprint density at radius 3 is 1.42 bits per heavy atom. The quantitative estimate of drug-likeness (QED) is 0.133. The van der Waals surface area contributed by atoms with E-state index in [-0.39, 0.29) is 35.6 Å². The van der Waals surface area contributed by atoms with E-state index >= 15 is 0 Å². The Morgan fingerprint density at radius 1 is 0.651 bits per heavy atom. The number of rotatable bonds is 16. The van der Waals surface area contributed by atoms with E-state index in [2.05, 4.69) is 90.2 Å². The van der Waals surface area contributed by atoms with Gasteiger partial charge in [0.1, 0.15) is 11.2 Å². The molecule has 0 aromatic heterocycles. The van der Waals surface area contributed by atoms with Crippen molar-refractivity contribution in [2.75, 3.05) is 0 Å². The second-order valence-electron chi connectivity index (χ2n) is 13.6. The van der Waals surface area contributed by atoms with Crippen LogP contribution in [0.15, 0.2) is 59.8 Å². The molecule has 8 unspecified atom stereocenters. The maximum Gasteiger partial charge on any atom is 0.311 e. The summed E-state index contributed by atoms with van der Waals surface area (Å²) in [6, 6.07) is 0. The van der Waals surface area contributed by atoms with Gasteiger partial charge in [-0.1, -0.05) is 128 Å². The summed E-state index contributed by atoms with van der Waals surface area (Å²) in [7, 11) is 0. The first-order valence-corrected chi connectivity index (χ1v) is 17.7. The van der Waals surface area contributed by atoms with E-state index in [4.69, 9.17) is 9.47 Å². The van der Waals surface area contributed by atoms with Gasteiger partial charge in [-0.05, 0) is 68.9 Å². The summed E-state index contributed by atoms with van der Waals surface area (Å²) in [4.78, 5) is 28.7. The Labute approximate surface area is 262 Å². The number of ether oxygens (including phenoxy) is 2. The summed E-state index contributed by atoms with van der Waals surface area (Å²) in [6.07, 6.45) is 29.8. The summed E-state index contributed by atoms with van der Waals surface area (Å²) in [6.45, 7) is 13.2. The Bertz CT molecular complexity index is 1040. The fourth-order valence-corrected chi connectivity index (χ4v) is 8.88. The molecule has 4 heteroatoms. The molecular weight excluding hydrogens is 532 g/mol. The van der Waals surface area contributed by atoms with Crippen LogP contribution in [0.1, 0.15) is 125 Å². The van der Waals surface area contributed by atoms with E-state index in [9.17, 15) is 9.59 Å². The van der Waals surface area contributed by atoms with Crippen molar-refractivity contribution in [3.8, 4) is 0 Å². The molecule has 1 fully saturated rings. The van der Waals surface area contributed by atoms with Crippen molar-refractivity contribution in [3.05, 3.63) is 59.8 Å². The predicted molar refractivity (Wildman–Crippen MR) is 176 cm³/mol. The molecule has 4 aliphatic rings. The standard InChI is InChI=1S/C39H58O4/c1-7-15-28-19-13-25-38(23-11-5,32(28)17-9-3)42-36(40)34-30-21-22-31(27-30)35(34)37(41)43-39(24-12-6)26-14-20-29(16-8-2)33(39)18-10-4/h13-14,19-22,25-26,30-35H,7-12,15-18,23-24,27H2,1-6H3. The van der Waals surface area contributed by atoms with Gasteiger partial charge in [0.15, 0.2) is 0 Å². The summed E-state index contributed by atoms with van der Waals surface area (Å²) < 4.78 is 13.4. The van der Waals surface area contributed by atoms with Crippen LogP contribution >= 0.6 is 0 Å². The van der Waals surface area contributed by atoms with E-state index < -0.39 is 23.0 Å². The number of allylic oxidation sites excluding steroid dienone is 6. The smallest absolute Gasteiger partial charge is 0.311 e. The average molecular weight is 591 g/mol. The fraction of sp³-hybridized carbons (Fsp3) is 0.692. The summed E-state index contributed by atoms with van der Waals surface area (Å²) in [5.41, 5.74) is 1.48. The van der Waals surface area contributed by atoms with Crippen LogP contribution in [0.4, 0.5) is 0 Å². The minimum atomic E-state index is -0.650. The van der Waals surface area contributed by atoms with Gasteiger partial charge in [-0.25, -0.2) is 0 Å². The molecule has 0 spiro atoms. The molecule has 2 bridgehead atoms. The molecule has 0 aromatic carbocycles. The summed E-state index contributed by atoms with van der Waals surface area (Å²) in [5, 5.41) is 0. The first-order valence-electron chi connectivity index (χ1n) is 17.7. The van der Waals surface area contributed by atoms with Gasteiger partial charge in [0.25, 0.3) is 0 Å². The third-order valence-corrected chi connectivity index (χ3v) is 10.6. The van der Waals surface area contributed by atoms with Crippen molar-refractivity contribution in [2.24, 2.45) is 35.5 Å². The number of carbonyl (C=O) groups excluding carboxylic acids is 2. The Kier molecular flexibility index (Phi) is 11.8. The molecule has 8 atom stereocenters. The normalized spacial score (nSPS) is 34.3. The number of esters is 2. The Morgan fingerprint density at radius 2 is 1.07 bits per heavy atom. The van der Waals surface area contributed by atoms with Crippen molar-refractivity contribution in [1.82, 2.24) is 0 Å². The third kappa shape index (κ3) is 6.84. The highest BCUT2D eigenvalue weighted by molar-refractivity contribution is 5.85. The van der Waals surface area contributed by atoms with Crippen LogP contribution in [0, 0.1) is 35.5 Å². The lowest BCUT2D eigenvalue weighted by molar-refractivity contribution is -0.179. The van der Waals surface area contributed by atoms with Gasteiger partial charge in [0.2, 0.25) is 0 Å². The second kappa shape index (κ2) is 15.1. The maximum atomic E-state index is 14.4. The molecule has 0 radical (unpaired) electrons. The largest absolute Gasteiger partial charge is 0.454 e. The molecule has 43 heavy (non-hydrogen) atoms. The molecule has 0 amide bonds. The second-order valence-corrected chi connectivity index (χ2v) is 13.6. The fourth-order valence-electron chi connectivity index (χ4n) is 8.88. The summed E-state index contributed by atoms with van der Waals surface area (Å²) in [5.74, 6) is -0.977. The molecule has 4 rings (SSSR count). The van der Waals surface area contributed by atoms with E-state index in [0.29, 0.717) is 0 Å². The highest BCUT2D eigenvalue weighted by Gasteiger charge is 2.56. The van der Waals surface area contributed by atoms with Gasteiger partial charge in [0.05, 0.1) is 11.8 Å². The van der Waals surface area contributed by atoms with Crippen LogP contribution in [-0.2, 0) is 19.1 Å². The molecule has 4 nitrogen and oxygen atoms in total. The molecule has 1 saturated carbocycles. The van der Waals surface area contributed by atoms with E-state index in [0.717, 1.165) is 83.5 Å². The monoisotopic (exact) mass is 590 g/mol. The van der Waals surface area contributed by atoms with Gasteiger partial charge in [0, 0.05) is 11.8 Å². The topological polar surface area (TPSA) is 52.6 Å². The molecule has 238 valence electrons. The van der Waals surface area contributed by atoms with Crippen molar-refractivity contribution in [1.29, 1.82) is 0 Å². The first kappa shape index (κ1) is 33.5. The number of hydrogen-bond acceptors (Lipinski definition) is 4. The maximum absolute atomic E-state index is 14.4. The average Bonchev–Trinajstić information content (AvgIpc) is 3.60. The lowest BCUT2D eigenvalue weighted by Gasteiger charge is -2.44. The number of hydrogen-bond donors (Lipinski definition) is 0. The zero-order valence-corrected chi connectivity index (χ0v) is 27.9. The lowest BCUT2D eigenvalue weighted by atomic mass is 9.71. The van der Waals surface area contributed by atoms with Crippen LogP contribution in [0.3, 0.4) is 0 Å². The van der Waals surface area contributed by atoms with Gasteiger partial charge < -0.3 is 9.47 Å². The molecule has 0 saturated heterocycles. The minimum absolute atomic E-state index is 0.0302. The Hall–Kier alpha value is -2.36. The SMILES string of the molecule is CCCC1=CC=CC(CCC)(OC(=O)C2C3C=CC(C3)C2C(=O)OC2(CCC)C=CC=C(CCC)C2CCC)C1CCC. The van der Waals surface area contributed by atoms with Crippen molar-refractivity contribution < 1.29 is 19.1 Å². The highest BCUT2D eigenvalue weighted by atomic mass is 16.6. The summed E-state index contributed by atoms with van der Waals surface area (Å²) >= 11 is 0. The van der Waals surface area contributed by atoms with Crippen LogP contribution < -0.4 is 0 Å². The number of fused-ring (bicyclic) bond motifs is 2. The van der Waals surface area contributed by atoms with Gasteiger partial charge in [-0.15, -0.1) is 0 Å². The molecule has 0 aromatic rings. The molecule has 4 aliphatic carbocycles. The van der Waals surface area contributed by atoms with E-state index in [1.807, 2.05) is 0 Å². The van der Waals surface area contributed by atoms with Crippen molar-refractivity contribution in [2.45, 2.75) is 136 Å². The first-order chi connectivity index (χ1) is 20.8.